The van der Waals surface area contributed by atoms with E-state index in [1.165, 1.54) is 25.3 Å². The van der Waals surface area contributed by atoms with Crippen LogP contribution in [0.3, 0.4) is 0 Å². The quantitative estimate of drug-likeness (QED) is 0.501. The van der Waals surface area contributed by atoms with Gasteiger partial charge in [0.25, 0.3) is 0 Å². The number of hydrogen-bond acceptors (Lipinski definition) is 5. The van der Waals surface area contributed by atoms with E-state index in [0.29, 0.717) is 5.92 Å². The van der Waals surface area contributed by atoms with Gasteiger partial charge in [0, 0.05) is 6.54 Å². The first-order valence-electron chi connectivity index (χ1n) is 6.95. The second-order valence-electron chi connectivity index (χ2n) is 5.27. The predicted octanol–water partition coefficient (Wildman–Crippen LogP) is 0.587. The number of thiophene rings is 1. The average Bonchev–Trinajstić information content (AvgIpc) is 2.88. The lowest BCUT2D eigenvalue weighted by atomic mass is 9.85. The summed E-state index contributed by atoms with van der Waals surface area (Å²) in [6.07, 6.45) is 2.63. The third-order valence-corrected chi connectivity index (χ3v) is 6.77. The number of nitrogens with one attached hydrogen (secondary N) is 1. The number of aliphatic hydroxyl groups is 1. The topological polar surface area (TPSA) is 105 Å². The molecule has 0 spiro atoms. The highest BCUT2D eigenvalue weighted by atomic mass is 32.2. The molecule has 0 amide bonds. The normalized spacial score (nSPS) is 18.2. The molecule has 118 valence electrons. The second kappa shape index (κ2) is 7.24. The van der Waals surface area contributed by atoms with E-state index < -0.39 is 15.9 Å². The minimum Gasteiger partial charge on any atom is -0.390 e. The van der Waals surface area contributed by atoms with Crippen LogP contribution in [-0.2, 0) is 9.84 Å². The predicted molar refractivity (Wildman–Crippen MR) is 84.2 cm³/mol. The van der Waals surface area contributed by atoms with Crippen molar-refractivity contribution in [1.82, 2.24) is 5.32 Å². The molecule has 1 aromatic rings. The molecule has 0 bridgehead atoms. The van der Waals surface area contributed by atoms with Crippen LogP contribution >= 0.6 is 11.3 Å². The Morgan fingerprint density at radius 1 is 1.57 bits per heavy atom. The number of sulfone groups is 1. The second-order valence-corrected chi connectivity index (χ2v) is 8.48. The molecule has 8 heteroatoms. The molecule has 21 heavy (non-hydrogen) atoms. The lowest BCUT2D eigenvalue weighted by Gasteiger charge is -2.25. The van der Waals surface area contributed by atoms with Crippen LogP contribution in [0, 0.1) is 5.92 Å². The summed E-state index contributed by atoms with van der Waals surface area (Å²) in [5.74, 6) is 0.574. The highest BCUT2D eigenvalue weighted by molar-refractivity contribution is 7.93. The van der Waals surface area contributed by atoms with Crippen molar-refractivity contribution in [1.29, 1.82) is 0 Å². The van der Waals surface area contributed by atoms with Gasteiger partial charge in [-0.05, 0) is 30.2 Å². The van der Waals surface area contributed by atoms with E-state index in [-0.39, 0.29) is 22.5 Å². The number of hydrogen-bond donors (Lipinski definition) is 3. The maximum atomic E-state index is 12.0. The molecule has 1 fully saturated rings. The van der Waals surface area contributed by atoms with E-state index in [4.69, 9.17) is 5.73 Å². The van der Waals surface area contributed by atoms with Gasteiger partial charge in [-0.3, -0.25) is 4.99 Å². The van der Waals surface area contributed by atoms with Crippen LogP contribution in [-0.4, -0.2) is 44.4 Å². The summed E-state index contributed by atoms with van der Waals surface area (Å²) in [5.41, 5.74) is 5.69. The van der Waals surface area contributed by atoms with Gasteiger partial charge in [0.2, 0.25) is 0 Å². The van der Waals surface area contributed by atoms with Crippen LogP contribution in [0.2, 0.25) is 0 Å². The molecule has 1 heterocycles. The van der Waals surface area contributed by atoms with Gasteiger partial charge in [0.15, 0.2) is 15.8 Å². The van der Waals surface area contributed by atoms with E-state index in [9.17, 15) is 13.5 Å². The number of rotatable bonds is 7. The summed E-state index contributed by atoms with van der Waals surface area (Å²) in [4.78, 5) is 3.99. The number of aliphatic imine (C=N–C) groups is 1. The highest BCUT2D eigenvalue weighted by Crippen LogP contribution is 2.25. The van der Waals surface area contributed by atoms with E-state index >= 15 is 0 Å². The molecule has 1 aromatic heterocycles. The number of nitrogens with two attached hydrogens (primary N) is 1. The van der Waals surface area contributed by atoms with Crippen LogP contribution in [0.25, 0.3) is 0 Å². The van der Waals surface area contributed by atoms with Gasteiger partial charge in [0.05, 0.1) is 18.4 Å². The lowest BCUT2D eigenvalue weighted by molar-refractivity contribution is 0.206. The standard InChI is InChI=1S/C13H21N3O3S2/c14-13(15-7-10-3-1-4-10)16-8-11(17)9-21(18,19)12-5-2-6-20-12/h2,5-6,10-11,17H,1,3-4,7-9H2,(H3,14,15,16). The van der Waals surface area contributed by atoms with Gasteiger partial charge >= 0.3 is 0 Å². The van der Waals surface area contributed by atoms with Crippen LogP contribution in [0.1, 0.15) is 19.3 Å². The summed E-state index contributed by atoms with van der Waals surface area (Å²) in [6, 6.07) is 3.20. The van der Waals surface area contributed by atoms with Gasteiger partial charge in [-0.25, -0.2) is 8.42 Å². The molecule has 0 aromatic carbocycles. The first-order valence-corrected chi connectivity index (χ1v) is 9.48. The van der Waals surface area contributed by atoms with Crippen molar-refractivity contribution < 1.29 is 13.5 Å². The zero-order valence-corrected chi connectivity index (χ0v) is 13.4. The number of nitrogens with zero attached hydrogens (tertiary/aromatic N) is 1. The Balaban J connectivity index is 1.76. The Morgan fingerprint density at radius 2 is 2.33 bits per heavy atom. The summed E-state index contributed by atoms with van der Waals surface area (Å²) < 4.78 is 24.2. The Hall–Kier alpha value is -1.12. The molecule has 1 aliphatic carbocycles. The van der Waals surface area contributed by atoms with Crippen LogP contribution in [0.15, 0.2) is 26.7 Å². The Labute approximate surface area is 129 Å². The van der Waals surface area contributed by atoms with Gasteiger partial charge in [0.1, 0.15) is 4.21 Å². The SMILES string of the molecule is NC(=NCC(O)CS(=O)(=O)c1cccs1)NCC1CCC1. The fourth-order valence-corrected chi connectivity index (χ4v) is 4.50. The lowest BCUT2D eigenvalue weighted by Crippen LogP contribution is -2.38. The zero-order chi connectivity index (χ0) is 15.3. The summed E-state index contributed by atoms with van der Waals surface area (Å²) in [5, 5.41) is 14.5. The molecular weight excluding hydrogens is 310 g/mol. The van der Waals surface area contributed by atoms with E-state index in [2.05, 4.69) is 10.3 Å². The molecule has 0 saturated heterocycles. The molecule has 6 nitrogen and oxygen atoms in total. The minimum absolute atomic E-state index is 0.0197. The fourth-order valence-electron chi connectivity index (χ4n) is 2.03. The molecule has 0 radical (unpaired) electrons. The third-order valence-electron chi connectivity index (χ3n) is 3.48. The van der Waals surface area contributed by atoms with Crippen molar-refractivity contribution in [2.24, 2.45) is 16.6 Å². The van der Waals surface area contributed by atoms with Crippen LogP contribution in [0.4, 0.5) is 0 Å². The molecular formula is C13H21N3O3S2. The fraction of sp³-hybridized carbons (Fsp3) is 0.615. The van der Waals surface area contributed by atoms with E-state index in [0.717, 1.165) is 17.9 Å². The Morgan fingerprint density at radius 3 is 2.90 bits per heavy atom. The van der Waals surface area contributed by atoms with Gasteiger partial charge < -0.3 is 16.2 Å². The maximum absolute atomic E-state index is 12.0. The maximum Gasteiger partial charge on any atom is 0.190 e. The van der Waals surface area contributed by atoms with Crippen molar-refractivity contribution in [3.63, 3.8) is 0 Å². The highest BCUT2D eigenvalue weighted by Gasteiger charge is 2.21. The smallest absolute Gasteiger partial charge is 0.190 e. The van der Waals surface area contributed by atoms with Crippen molar-refractivity contribution in [3.05, 3.63) is 17.5 Å². The Kier molecular flexibility index (Phi) is 5.60. The van der Waals surface area contributed by atoms with Crippen LogP contribution in [0.5, 0.6) is 0 Å². The molecule has 1 saturated carbocycles. The van der Waals surface area contributed by atoms with E-state index in [1.54, 1.807) is 11.4 Å². The molecule has 1 atom stereocenters. The van der Waals surface area contributed by atoms with Gasteiger partial charge in [-0.15, -0.1) is 11.3 Å². The molecule has 2 rings (SSSR count). The minimum atomic E-state index is -3.45. The monoisotopic (exact) mass is 331 g/mol. The molecule has 0 aliphatic heterocycles. The zero-order valence-electron chi connectivity index (χ0n) is 11.7. The number of guanidine groups is 1. The van der Waals surface area contributed by atoms with Crippen molar-refractivity contribution in [2.45, 2.75) is 29.6 Å². The van der Waals surface area contributed by atoms with Crippen molar-refractivity contribution in [3.8, 4) is 0 Å². The van der Waals surface area contributed by atoms with Crippen LogP contribution < -0.4 is 11.1 Å². The van der Waals surface area contributed by atoms with Gasteiger partial charge in [-0.2, -0.15) is 0 Å². The molecule has 1 unspecified atom stereocenters. The summed E-state index contributed by atoms with van der Waals surface area (Å²) in [7, 11) is -3.45. The Bertz CT molecular complexity index is 565. The van der Waals surface area contributed by atoms with Crippen molar-refractivity contribution in [2.75, 3.05) is 18.8 Å². The third kappa shape index (κ3) is 4.98. The first-order chi connectivity index (χ1) is 9.97. The number of aliphatic hydroxyl groups excluding tert-OH is 1. The largest absolute Gasteiger partial charge is 0.390 e. The average molecular weight is 331 g/mol. The summed E-state index contributed by atoms with van der Waals surface area (Å²) >= 11 is 1.14. The first kappa shape index (κ1) is 16.3. The van der Waals surface area contributed by atoms with Gasteiger partial charge in [-0.1, -0.05) is 12.5 Å². The molecule has 4 N–H and O–H groups in total. The van der Waals surface area contributed by atoms with Crippen molar-refractivity contribution >= 4 is 27.1 Å². The summed E-state index contributed by atoms with van der Waals surface area (Å²) in [6.45, 7) is 0.771. The van der Waals surface area contributed by atoms with E-state index in [1.807, 2.05) is 0 Å². The molecule has 1 aliphatic rings.